The molecule has 0 heterocycles. The number of carbonyl (C=O) groups is 1. The molecular weight excluding hydrogens is 220 g/mol. The van der Waals surface area contributed by atoms with E-state index in [9.17, 15) is 4.79 Å². The zero-order chi connectivity index (χ0) is 12.8. The largest absolute Gasteiger partial charge is 0.494 e. The summed E-state index contributed by atoms with van der Waals surface area (Å²) in [7, 11) is 0. The molecule has 0 saturated heterocycles. The highest BCUT2D eigenvalue weighted by Crippen LogP contribution is 2.23. The molecule has 1 N–H and O–H groups in total. The average molecular weight is 238 g/mol. The minimum absolute atomic E-state index is 0.272. The van der Waals surface area contributed by atoms with Gasteiger partial charge in [0.2, 0.25) is 0 Å². The fraction of sp³-hybridized carbons (Fsp3) is 0.462. The predicted molar refractivity (Wildman–Crippen MR) is 64.4 cm³/mol. The Hall–Kier alpha value is -1.55. The van der Waals surface area contributed by atoms with E-state index >= 15 is 0 Å². The maximum Gasteiger partial charge on any atom is 0.329 e. The smallest absolute Gasteiger partial charge is 0.329 e. The van der Waals surface area contributed by atoms with Crippen LogP contribution in [0.3, 0.4) is 0 Å². The second-order valence-electron chi connectivity index (χ2n) is 3.86. The molecule has 0 fully saturated rings. The lowest BCUT2D eigenvalue weighted by atomic mass is 10.1. The summed E-state index contributed by atoms with van der Waals surface area (Å²) < 4.78 is 10.6. The van der Waals surface area contributed by atoms with Crippen LogP contribution in [-0.2, 0) is 16.1 Å². The van der Waals surface area contributed by atoms with Gasteiger partial charge in [-0.3, -0.25) is 0 Å². The molecule has 0 atom stereocenters. The van der Waals surface area contributed by atoms with Crippen LogP contribution < -0.4 is 4.74 Å². The van der Waals surface area contributed by atoms with Gasteiger partial charge in [-0.2, -0.15) is 0 Å². The number of aliphatic carboxylic acids is 1. The first-order valence-corrected chi connectivity index (χ1v) is 5.57. The third kappa shape index (κ3) is 4.07. The van der Waals surface area contributed by atoms with Crippen molar-refractivity contribution in [2.45, 2.75) is 27.4 Å². The Morgan fingerprint density at radius 2 is 2.00 bits per heavy atom. The van der Waals surface area contributed by atoms with Crippen LogP contribution in [0.25, 0.3) is 0 Å². The van der Waals surface area contributed by atoms with E-state index in [1.165, 1.54) is 0 Å². The topological polar surface area (TPSA) is 55.8 Å². The van der Waals surface area contributed by atoms with Crippen LogP contribution in [0.2, 0.25) is 0 Å². The van der Waals surface area contributed by atoms with Crippen molar-refractivity contribution in [1.29, 1.82) is 0 Å². The van der Waals surface area contributed by atoms with Crippen molar-refractivity contribution in [3.63, 3.8) is 0 Å². The van der Waals surface area contributed by atoms with Crippen LogP contribution in [0, 0.1) is 13.8 Å². The lowest BCUT2D eigenvalue weighted by Crippen LogP contribution is -2.07. The summed E-state index contributed by atoms with van der Waals surface area (Å²) in [5.41, 5.74) is 3.07. The van der Waals surface area contributed by atoms with Gasteiger partial charge in [-0.15, -0.1) is 0 Å². The molecule has 1 rings (SSSR count). The van der Waals surface area contributed by atoms with Crippen molar-refractivity contribution in [2.24, 2.45) is 0 Å². The number of hydrogen-bond donors (Lipinski definition) is 1. The average Bonchev–Trinajstić information content (AvgIpc) is 2.24. The van der Waals surface area contributed by atoms with Crippen LogP contribution in [0.5, 0.6) is 5.75 Å². The van der Waals surface area contributed by atoms with E-state index in [1.54, 1.807) is 0 Å². The van der Waals surface area contributed by atoms with Crippen LogP contribution >= 0.6 is 0 Å². The fourth-order valence-corrected chi connectivity index (χ4v) is 1.56. The second-order valence-corrected chi connectivity index (χ2v) is 3.86. The van der Waals surface area contributed by atoms with Gasteiger partial charge in [0.25, 0.3) is 0 Å². The molecule has 94 valence electrons. The summed E-state index contributed by atoms with van der Waals surface area (Å²) in [6.07, 6.45) is 0. The third-order valence-electron chi connectivity index (χ3n) is 2.42. The molecule has 0 aliphatic rings. The standard InChI is InChI=1S/C13H18O4/c1-4-17-12-6-9(2)11(5-10(12)3)7-16-8-13(14)15/h5-6H,4,7-8H2,1-3H3,(H,14,15). The SMILES string of the molecule is CCOc1cc(C)c(COCC(=O)O)cc1C. The Labute approximate surface area is 101 Å². The van der Waals surface area contributed by atoms with Crippen molar-refractivity contribution in [3.05, 3.63) is 28.8 Å². The van der Waals surface area contributed by atoms with Gasteiger partial charge in [-0.25, -0.2) is 4.79 Å². The zero-order valence-corrected chi connectivity index (χ0v) is 10.4. The van der Waals surface area contributed by atoms with E-state index in [-0.39, 0.29) is 6.61 Å². The maximum absolute atomic E-state index is 10.3. The fourth-order valence-electron chi connectivity index (χ4n) is 1.56. The molecule has 1 aromatic rings. The van der Waals surface area contributed by atoms with E-state index in [0.717, 1.165) is 22.4 Å². The summed E-state index contributed by atoms with van der Waals surface area (Å²) in [6.45, 7) is 6.54. The van der Waals surface area contributed by atoms with E-state index in [0.29, 0.717) is 13.2 Å². The molecule has 0 amide bonds. The van der Waals surface area contributed by atoms with Crippen molar-refractivity contribution < 1.29 is 19.4 Å². The minimum atomic E-state index is -0.953. The van der Waals surface area contributed by atoms with Crippen molar-refractivity contribution >= 4 is 5.97 Å². The Morgan fingerprint density at radius 3 is 2.59 bits per heavy atom. The van der Waals surface area contributed by atoms with Gasteiger partial charge < -0.3 is 14.6 Å². The highest BCUT2D eigenvalue weighted by molar-refractivity contribution is 5.68. The minimum Gasteiger partial charge on any atom is -0.494 e. The number of carboxylic acids is 1. The highest BCUT2D eigenvalue weighted by atomic mass is 16.5. The zero-order valence-electron chi connectivity index (χ0n) is 10.4. The molecule has 1 aromatic carbocycles. The monoisotopic (exact) mass is 238 g/mol. The number of carboxylic acid groups (broad SMARTS) is 1. The van der Waals surface area contributed by atoms with E-state index in [4.69, 9.17) is 14.6 Å². The molecule has 0 radical (unpaired) electrons. The van der Waals surface area contributed by atoms with Gasteiger partial charge in [-0.1, -0.05) is 0 Å². The lowest BCUT2D eigenvalue weighted by molar-refractivity contribution is -0.142. The van der Waals surface area contributed by atoms with Crippen molar-refractivity contribution in [3.8, 4) is 5.75 Å². The van der Waals surface area contributed by atoms with Crippen LogP contribution in [0.1, 0.15) is 23.6 Å². The molecule has 17 heavy (non-hydrogen) atoms. The maximum atomic E-state index is 10.3. The number of aryl methyl sites for hydroxylation is 2. The van der Waals surface area contributed by atoms with Crippen molar-refractivity contribution in [1.82, 2.24) is 0 Å². The molecule has 0 bridgehead atoms. The molecule has 0 spiro atoms. The third-order valence-corrected chi connectivity index (χ3v) is 2.42. The van der Waals surface area contributed by atoms with Gasteiger partial charge in [0.05, 0.1) is 13.2 Å². The normalized spacial score (nSPS) is 10.3. The van der Waals surface area contributed by atoms with E-state index in [2.05, 4.69) is 0 Å². The Bertz CT molecular complexity index is 399. The Morgan fingerprint density at radius 1 is 1.29 bits per heavy atom. The molecule has 0 aliphatic carbocycles. The van der Waals surface area contributed by atoms with Crippen LogP contribution in [0.15, 0.2) is 12.1 Å². The Balaban J connectivity index is 2.73. The van der Waals surface area contributed by atoms with Gasteiger partial charge in [0.1, 0.15) is 12.4 Å². The molecular formula is C13H18O4. The summed E-state index contributed by atoms with van der Waals surface area (Å²) in [6, 6.07) is 3.93. The van der Waals surface area contributed by atoms with Crippen LogP contribution in [-0.4, -0.2) is 24.3 Å². The van der Waals surface area contributed by atoms with Gasteiger partial charge in [0, 0.05) is 0 Å². The summed E-state index contributed by atoms with van der Waals surface area (Å²) in [4.78, 5) is 10.3. The first-order chi connectivity index (χ1) is 8.04. The van der Waals surface area contributed by atoms with Gasteiger partial charge in [0.15, 0.2) is 0 Å². The summed E-state index contributed by atoms with van der Waals surface area (Å²) >= 11 is 0. The number of benzene rings is 1. The number of hydrogen-bond acceptors (Lipinski definition) is 3. The van der Waals surface area contributed by atoms with Crippen LogP contribution in [0.4, 0.5) is 0 Å². The second kappa shape index (κ2) is 6.25. The highest BCUT2D eigenvalue weighted by Gasteiger charge is 2.06. The molecule has 0 saturated carbocycles. The van der Waals surface area contributed by atoms with Crippen molar-refractivity contribution in [2.75, 3.05) is 13.2 Å². The van der Waals surface area contributed by atoms with Gasteiger partial charge >= 0.3 is 5.97 Å². The lowest BCUT2D eigenvalue weighted by Gasteiger charge is -2.12. The van der Waals surface area contributed by atoms with E-state index in [1.807, 2.05) is 32.9 Å². The number of rotatable bonds is 6. The van der Waals surface area contributed by atoms with E-state index < -0.39 is 5.97 Å². The molecule has 4 heteroatoms. The Kier molecular flexibility index (Phi) is 4.97. The summed E-state index contributed by atoms with van der Waals surface area (Å²) in [5, 5.41) is 8.48. The summed E-state index contributed by atoms with van der Waals surface area (Å²) in [5.74, 6) is -0.0858. The first kappa shape index (κ1) is 13.5. The predicted octanol–water partition coefficient (Wildman–Crippen LogP) is 2.30. The molecule has 0 aliphatic heterocycles. The first-order valence-electron chi connectivity index (χ1n) is 5.57. The molecule has 0 aromatic heterocycles. The molecule has 0 unspecified atom stereocenters. The molecule has 4 nitrogen and oxygen atoms in total. The van der Waals surface area contributed by atoms with Gasteiger partial charge in [-0.05, 0) is 49.6 Å². The quantitative estimate of drug-likeness (QED) is 0.826. The number of ether oxygens (including phenoxy) is 2.